The molecule has 0 aromatic carbocycles. The maximum absolute atomic E-state index is 14.5. The monoisotopic (exact) mass is 370 g/mol. The lowest BCUT2D eigenvalue weighted by molar-refractivity contribution is -0.0355. The van der Waals surface area contributed by atoms with Crippen molar-refractivity contribution >= 4 is 11.7 Å². The molecule has 0 radical (unpaired) electrons. The second kappa shape index (κ2) is 8.70. The van der Waals surface area contributed by atoms with Crippen LogP contribution in [0.1, 0.15) is 46.8 Å². The number of hydrogen-bond donors (Lipinski definition) is 2. The molecule has 26 heavy (non-hydrogen) atoms. The van der Waals surface area contributed by atoms with E-state index in [9.17, 15) is 19.4 Å². The van der Waals surface area contributed by atoms with Crippen LogP contribution in [0.25, 0.3) is 0 Å². The van der Waals surface area contributed by atoms with Crippen LogP contribution in [-0.4, -0.2) is 61.9 Å². The fourth-order valence-electron chi connectivity index (χ4n) is 2.95. The number of hydrogen-bond acceptors (Lipinski definition) is 6. The number of halogens is 1. The van der Waals surface area contributed by atoms with Crippen LogP contribution in [0.5, 0.6) is 0 Å². The standard InChI is InChI=1S/C17H27FN4O4/c1-5-7-21(8-6-2)11(4)19-15-12(18)9-22(17(25)20-15)16-14(24)13(23)10(3)26-16/h9-10,13-14,16,23-24H,5-8H2,1-4H3/t10-,13-,14-,16-/m1/s1. The van der Waals surface area contributed by atoms with Gasteiger partial charge in [0.2, 0.25) is 0 Å². The summed E-state index contributed by atoms with van der Waals surface area (Å²) in [5.74, 6) is -0.526. The van der Waals surface area contributed by atoms with Crippen LogP contribution in [-0.2, 0) is 4.74 Å². The van der Waals surface area contributed by atoms with Gasteiger partial charge in [-0.05, 0) is 26.7 Å². The first-order valence-corrected chi connectivity index (χ1v) is 8.90. The highest BCUT2D eigenvalue weighted by Gasteiger charge is 2.42. The summed E-state index contributed by atoms with van der Waals surface area (Å²) in [6.07, 6.45) is -1.63. The third-order valence-corrected chi connectivity index (χ3v) is 4.35. The van der Waals surface area contributed by atoms with Gasteiger partial charge in [-0.15, -0.1) is 0 Å². The normalized spacial score (nSPS) is 26.3. The Morgan fingerprint density at radius 2 is 1.96 bits per heavy atom. The number of amidine groups is 1. The number of aliphatic hydroxyl groups excluding tert-OH is 2. The van der Waals surface area contributed by atoms with Gasteiger partial charge in [0.25, 0.3) is 0 Å². The quantitative estimate of drug-likeness (QED) is 0.576. The topological polar surface area (TPSA) is 100 Å². The van der Waals surface area contributed by atoms with E-state index in [0.717, 1.165) is 36.7 Å². The highest BCUT2D eigenvalue weighted by atomic mass is 19.1. The number of rotatable bonds is 6. The molecule has 1 aliphatic heterocycles. The van der Waals surface area contributed by atoms with Gasteiger partial charge in [0.1, 0.15) is 18.0 Å². The summed E-state index contributed by atoms with van der Waals surface area (Å²) < 4.78 is 20.6. The molecule has 1 saturated heterocycles. The minimum absolute atomic E-state index is 0.304. The molecule has 0 saturated carbocycles. The summed E-state index contributed by atoms with van der Waals surface area (Å²) in [5.41, 5.74) is -0.805. The van der Waals surface area contributed by atoms with Gasteiger partial charge in [-0.25, -0.2) is 14.2 Å². The molecule has 0 unspecified atom stereocenters. The lowest BCUT2D eigenvalue weighted by Crippen LogP contribution is -2.35. The zero-order chi connectivity index (χ0) is 19.4. The molecule has 0 bridgehead atoms. The van der Waals surface area contributed by atoms with Crippen molar-refractivity contribution < 1.29 is 19.3 Å². The van der Waals surface area contributed by atoms with E-state index in [0.29, 0.717) is 5.84 Å². The lowest BCUT2D eigenvalue weighted by Gasteiger charge is -2.23. The van der Waals surface area contributed by atoms with E-state index in [4.69, 9.17) is 4.74 Å². The Bertz CT molecular complexity index is 702. The molecule has 9 heteroatoms. The van der Waals surface area contributed by atoms with Crippen LogP contribution in [0.15, 0.2) is 16.0 Å². The zero-order valence-electron chi connectivity index (χ0n) is 15.6. The van der Waals surface area contributed by atoms with Crippen molar-refractivity contribution in [3.63, 3.8) is 0 Å². The number of aliphatic imine (C=N–C) groups is 1. The van der Waals surface area contributed by atoms with Gasteiger partial charge in [-0.3, -0.25) is 4.57 Å². The molecular formula is C17H27FN4O4. The van der Waals surface area contributed by atoms with Crippen molar-refractivity contribution in [2.75, 3.05) is 13.1 Å². The fraction of sp³-hybridized carbons (Fsp3) is 0.706. The van der Waals surface area contributed by atoms with Crippen LogP contribution >= 0.6 is 0 Å². The summed E-state index contributed by atoms with van der Waals surface area (Å²) in [7, 11) is 0. The second-order valence-electron chi connectivity index (χ2n) is 6.46. The van der Waals surface area contributed by atoms with Crippen molar-refractivity contribution in [3.8, 4) is 0 Å². The van der Waals surface area contributed by atoms with Gasteiger partial charge >= 0.3 is 5.69 Å². The molecule has 146 valence electrons. The second-order valence-corrected chi connectivity index (χ2v) is 6.46. The average Bonchev–Trinajstić information content (AvgIpc) is 2.85. The van der Waals surface area contributed by atoms with Gasteiger partial charge in [0.05, 0.1) is 12.3 Å². The van der Waals surface area contributed by atoms with Gasteiger partial charge in [-0.1, -0.05) is 13.8 Å². The molecule has 0 spiro atoms. The summed E-state index contributed by atoms with van der Waals surface area (Å²) in [6.45, 7) is 8.94. The Labute approximate surface area is 152 Å². The first-order valence-electron chi connectivity index (χ1n) is 8.90. The first-order chi connectivity index (χ1) is 12.3. The third-order valence-electron chi connectivity index (χ3n) is 4.35. The zero-order valence-corrected chi connectivity index (χ0v) is 15.6. The molecule has 2 N–H and O–H groups in total. The van der Waals surface area contributed by atoms with Gasteiger partial charge in [0, 0.05) is 13.1 Å². The molecule has 0 aliphatic carbocycles. The van der Waals surface area contributed by atoms with Gasteiger partial charge in [-0.2, -0.15) is 4.98 Å². The number of ether oxygens (including phenoxy) is 1. The van der Waals surface area contributed by atoms with Crippen molar-refractivity contribution in [2.24, 2.45) is 4.99 Å². The van der Waals surface area contributed by atoms with Crippen LogP contribution in [0.3, 0.4) is 0 Å². The predicted octanol–water partition coefficient (Wildman–Crippen LogP) is 1.19. The molecule has 1 aromatic rings. The highest BCUT2D eigenvalue weighted by molar-refractivity contribution is 5.82. The van der Waals surface area contributed by atoms with E-state index < -0.39 is 36.0 Å². The smallest absolute Gasteiger partial charge is 0.352 e. The number of aliphatic hydroxyl groups is 2. The average molecular weight is 370 g/mol. The van der Waals surface area contributed by atoms with Crippen LogP contribution in [0.4, 0.5) is 10.2 Å². The summed E-state index contributed by atoms with van der Waals surface area (Å²) in [5, 5.41) is 19.7. The molecule has 2 heterocycles. The maximum atomic E-state index is 14.5. The maximum Gasteiger partial charge on any atom is 0.352 e. The van der Waals surface area contributed by atoms with Crippen molar-refractivity contribution in [1.82, 2.24) is 14.5 Å². The Morgan fingerprint density at radius 3 is 2.46 bits per heavy atom. The van der Waals surface area contributed by atoms with Crippen LogP contribution in [0.2, 0.25) is 0 Å². The van der Waals surface area contributed by atoms with Crippen molar-refractivity contribution in [1.29, 1.82) is 0 Å². The number of aromatic nitrogens is 2. The molecule has 2 rings (SSSR count). The summed E-state index contributed by atoms with van der Waals surface area (Å²) >= 11 is 0. The van der Waals surface area contributed by atoms with E-state index in [1.165, 1.54) is 0 Å². The predicted molar refractivity (Wildman–Crippen MR) is 95.0 cm³/mol. The Hall–Kier alpha value is -1.84. The van der Waals surface area contributed by atoms with Crippen molar-refractivity contribution in [3.05, 3.63) is 22.5 Å². The highest BCUT2D eigenvalue weighted by Crippen LogP contribution is 2.28. The molecule has 0 amide bonds. The van der Waals surface area contributed by atoms with E-state index in [1.807, 2.05) is 18.7 Å². The first kappa shape index (κ1) is 20.5. The van der Waals surface area contributed by atoms with E-state index in [2.05, 4.69) is 9.98 Å². The summed E-state index contributed by atoms with van der Waals surface area (Å²) in [4.78, 5) is 22.1. The lowest BCUT2D eigenvalue weighted by atomic mass is 10.1. The van der Waals surface area contributed by atoms with Crippen LogP contribution in [0, 0.1) is 5.82 Å². The molecule has 1 aliphatic rings. The minimum Gasteiger partial charge on any atom is -0.388 e. The molecule has 8 nitrogen and oxygen atoms in total. The van der Waals surface area contributed by atoms with Gasteiger partial charge < -0.3 is 19.8 Å². The molecular weight excluding hydrogens is 343 g/mol. The third kappa shape index (κ3) is 4.28. The van der Waals surface area contributed by atoms with E-state index >= 15 is 0 Å². The summed E-state index contributed by atoms with van der Waals surface area (Å²) in [6, 6.07) is 0. The Kier molecular flexibility index (Phi) is 6.85. The molecule has 4 atom stereocenters. The minimum atomic E-state index is -1.34. The van der Waals surface area contributed by atoms with E-state index in [-0.39, 0.29) is 5.82 Å². The Balaban J connectivity index is 2.32. The van der Waals surface area contributed by atoms with Crippen LogP contribution < -0.4 is 5.69 Å². The molecule has 1 aromatic heterocycles. The van der Waals surface area contributed by atoms with E-state index in [1.54, 1.807) is 13.8 Å². The van der Waals surface area contributed by atoms with Crippen molar-refractivity contribution in [2.45, 2.75) is 65.1 Å². The molecule has 1 fully saturated rings. The Morgan fingerprint density at radius 1 is 1.35 bits per heavy atom. The fourth-order valence-corrected chi connectivity index (χ4v) is 2.95. The van der Waals surface area contributed by atoms with Gasteiger partial charge in [0.15, 0.2) is 17.9 Å². The SMILES string of the molecule is CCCN(CCC)C(C)=Nc1nc(=O)n([C@@H]2O[C@H](C)[C@@H](O)[C@H]2O)cc1F. The largest absolute Gasteiger partial charge is 0.388 e. The number of nitrogens with zero attached hydrogens (tertiary/aromatic N) is 4.